The third-order valence-electron chi connectivity index (χ3n) is 7.09. The van der Waals surface area contributed by atoms with E-state index >= 15 is 0 Å². The molecule has 0 aliphatic carbocycles. The van der Waals surface area contributed by atoms with Gasteiger partial charge in [0.25, 0.3) is 0 Å². The van der Waals surface area contributed by atoms with Crippen LogP contribution < -0.4 is 5.32 Å². The van der Waals surface area contributed by atoms with Crippen LogP contribution in [-0.2, 0) is 0 Å². The number of carbonyl (C=O) groups is 1. The maximum Gasteiger partial charge on any atom is 0.321 e. The van der Waals surface area contributed by atoms with Crippen molar-refractivity contribution in [1.82, 2.24) is 49.9 Å². The van der Waals surface area contributed by atoms with Gasteiger partial charge in [-0.2, -0.15) is 5.10 Å². The molecule has 6 aromatic heterocycles. The Labute approximate surface area is 228 Å². The summed E-state index contributed by atoms with van der Waals surface area (Å²) in [6, 6.07) is 9.52. The summed E-state index contributed by atoms with van der Waals surface area (Å²) in [5, 5.41) is 11.3. The zero-order chi connectivity index (χ0) is 27.1. The summed E-state index contributed by atoms with van der Waals surface area (Å²) in [6.45, 7) is 3.11. The minimum atomic E-state index is -0.123. The monoisotopic (exact) mass is 531 g/mol. The van der Waals surface area contributed by atoms with Crippen LogP contribution in [0, 0.1) is 0 Å². The van der Waals surface area contributed by atoms with Gasteiger partial charge in [0.2, 0.25) is 0 Å². The maximum absolute atomic E-state index is 12.8. The zero-order valence-electron chi connectivity index (χ0n) is 21.7. The fourth-order valence-electron chi connectivity index (χ4n) is 4.88. The number of likely N-dealkylation sites (N-methyl/N-ethyl adjacent to an activating group) is 1. The van der Waals surface area contributed by atoms with Gasteiger partial charge in [0, 0.05) is 67.7 Å². The highest BCUT2D eigenvalue weighted by molar-refractivity contribution is 5.96. The number of hydrogen-bond donors (Lipinski definition) is 3. The van der Waals surface area contributed by atoms with Crippen LogP contribution >= 0.6 is 0 Å². The molecule has 0 saturated carbocycles. The van der Waals surface area contributed by atoms with Gasteiger partial charge in [-0.25, -0.2) is 14.8 Å². The number of fused-ring (bicyclic) bond motifs is 2. The lowest BCUT2D eigenvalue weighted by atomic mass is 10.1. The van der Waals surface area contributed by atoms with Crippen LogP contribution in [0.2, 0.25) is 0 Å². The highest BCUT2D eigenvalue weighted by Gasteiger charge is 2.20. The summed E-state index contributed by atoms with van der Waals surface area (Å²) in [6.07, 6.45) is 10.4. The first kappa shape index (κ1) is 23.9. The number of carbonyl (C=O) groups excluding carboxylic acids is 1. The molecule has 0 spiro atoms. The van der Waals surface area contributed by atoms with Crippen LogP contribution in [0.15, 0.2) is 67.5 Å². The first-order valence-corrected chi connectivity index (χ1v) is 12.9. The van der Waals surface area contributed by atoms with E-state index in [2.05, 4.69) is 52.4 Å². The van der Waals surface area contributed by atoms with Gasteiger partial charge in [-0.1, -0.05) is 6.07 Å². The van der Waals surface area contributed by atoms with Crippen molar-refractivity contribution in [3.63, 3.8) is 0 Å². The highest BCUT2D eigenvalue weighted by Crippen LogP contribution is 2.31. The van der Waals surface area contributed by atoms with Crippen LogP contribution in [-0.4, -0.2) is 89.2 Å². The lowest BCUT2D eigenvalue weighted by Crippen LogP contribution is -2.48. The predicted molar refractivity (Wildman–Crippen MR) is 151 cm³/mol. The van der Waals surface area contributed by atoms with E-state index in [0.717, 1.165) is 51.9 Å². The predicted octanol–water partition coefficient (Wildman–Crippen LogP) is 3.80. The SMILES string of the molecule is CN1CCN(C(=O)Nc2cncc(-c3cnc4n[nH]c(-c5nc6c(-c7ccccn7)cncc6[nH]5)c4c3)c2)CC1. The fourth-order valence-corrected chi connectivity index (χ4v) is 4.88. The molecule has 0 unspecified atom stereocenters. The van der Waals surface area contributed by atoms with Gasteiger partial charge in [-0.15, -0.1) is 0 Å². The molecule has 1 aliphatic heterocycles. The average molecular weight is 532 g/mol. The number of anilines is 1. The molecule has 7 rings (SSSR count). The largest absolute Gasteiger partial charge is 0.335 e. The van der Waals surface area contributed by atoms with E-state index in [1.165, 1.54) is 0 Å². The van der Waals surface area contributed by atoms with E-state index in [4.69, 9.17) is 4.98 Å². The number of hydrogen-bond acceptors (Lipinski definition) is 8. The number of H-pyrrole nitrogens is 2. The Kier molecular flexibility index (Phi) is 5.86. The van der Waals surface area contributed by atoms with Crippen molar-refractivity contribution in [2.24, 2.45) is 0 Å². The number of piperazine rings is 1. The molecule has 0 bridgehead atoms. The van der Waals surface area contributed by atoms with Gasteiger partial charge in [-0.3, -0.25) is 20.1 Å². The summed E-state index contributed by atoms with van der Waals surface area (Å²) < 4.78 is 0. The highest BCUT2D eigenvalue weighted by atomic mass is 16.2. The van der Waals surface area contributed by atoms with E-state index in [1.54, 1.807) is 37.2 Å². The van der Waals surface area contributed by atoms with Crippen molar-refractivity contribution in [1.29, 1.82) is 0 Å². The molecule has 1 aliphatic rings. The Balaban J connectivity index is 1.20. The second-order valence-corrected chi connectivity index (χ2v) is 9.76. The van der Waals surface area contributed by atoms with Crippen LogP contribution in [0.4, 0.5) is 10.5 Å². The first-order valence-electron chi connectivity index (χ1n) is 12.9. The summed E-state index contributed by atoms with van der Waals surface area (Å²) >= 11 is 0. The average Bonchev–Trinajstić information content (AvgIpc) is 3.62. The normalized spacial score (nSPS) is 14.2. The minimum Gasteiger partial charge on any atom is -0.335 e. The number of rotatable bonds is 4. The molecule has 1 fully saturated rings. The van der Waals surface area contributed by atoms with Gasteiger partial charge in [0.05, 0.1) is 34.7 Å². The molecule has 198 valence electrons. The molecule has 0 atom stereocenters. The number of urea groups is 1. The quantitative estimate of drug-likeness (QED) is 0.312. The second-order valence-electron chi connectivity index (χ2n) is 9.76. The Morgan fingerprint density at radius 2 is 1.80 bits per heavy atom. The molecule has 1 saturated heterocycles. The van der Waals surface area contributed by atoms with Crippen molar-refractivity contribution in [3.05, 3.63) is 67.5 Å². The third-order valence-corrected chi connectivity index (χ3v) is 7.09. The van der Waals surface area contributed by atoms with Crippen molar-refractivity contribution >= 4 is 33.8 Å². The lowest BCUT2D eigenvalue weighted by molar-refractivity contribution is 0.164. The van der Waals surface area contributed by atoms with Crippen LogP contribution in [0.5, 0.6) is 0 Å². The van der Waals surface area contributed by atoms with Crippen LogP contribution in [0.1, 0.15) is 0 Å². The van der Waals surface area contributed by atoms with Crippen LogP contribution in [0.3, 0.4) is 0 Å². The molecule has 12 heteroatoms. The van der Waals surface area contributed by atoms with Crippen LogP contribution in [0.25, 0.3) is 56.0 Å². The number of nitrogens with zero attached hydrogens (tertiary/aromatic N) is 8. The fraction of sp³-hybridized carbons (Fsp3) is 0.179. The third kappa shape index (κ3) is 4.39. The summed E-state index contributed by atoms with van der Waals surface area (Å²) in [4.78, 5) is 42.8. The smallest absolute Gasteiger partial charge is 0.321 e. The van der Waals surface area contributed by atoms with E-state index in [-0.39, 0.29) is 6.03 Å². The van der Waals surface area contributed by atoms with Crippen molar-refractivity contribution < 1.29 is 4.79 Å². The maximum atomic E-state index is 12.8. The molecule has 7 heterocycles. The Hall–Kier alpha value is -5.23. The number of imidazole rings is 1. The zero-order valence-corrected chi connectivity index (χ0v) is 21.7. The van der Waals surface area contributed by atoms with Gasteiger partial charge < -0.3 is 20.1 Å². The standard InChI is InChI=1S/C28H25N11O/c1-38-6-8-39(9-7-38)28(40)33-19-10-17(12-29-14-19)18-11-20-25(36-37-26(20)32-13-18)27-34-23-16-30-15-21(24(23)35-27)22-4-2-3-5-31-22/h2-5,10-16H,6-9H2,1H3,(H,33,40)(H,34,35)(H,32,36,37). The number of pyridine rings is 4. The van der Waals surface area contributed by atoms with Crippen molar-refractivity contribution in [2.45, 2.75) is 0 Å². The summed E-state index contributed by atoms with van der Waals surface area (Å²) in [7, 11) is 2.06. The minimum absolute atomic E-state index is 0.123. The second kappa shape index (κ2) is 9.82. The van der Waals surface area contributed by atoms with E-state index in [9.17, 15) is 4.79 Å². The first-order chi connectivity index (χ1) is 19.6. The Morgan fingerprint density at radius 1 is 0.950 bits per heavy atom. The molecule has 3 N–H and O–H groups in total. The summed E-state index contributed by atoms with van der Waals surface area (Å²) in [5.41, 5.74) is 6.75. The number of aromatic amines is 2. The number of amides is 2. The van der Waals surface area contributed by atoms with Gasteiger partial charge in [-0.05, 0) is 31.3 Å². The van der Waals surface area contributed by atoms with E-state index < -0.39 is 0 Å². The van der Waals surface area contributed by atoms with Gasteiger partial charge >= 0.3 is 6.03 Å². The molecule has 12 nitrogen and oxygen atoms in total. The molecule has 0 radical (unpaired) electrons. The lowest BCUT2D eigenvalue weighted by Gasteiger charge is -2.32. The van der Waals surface area contributed by atoms with Gasteiger partial charge in [0.1, 0.15) is 11.2 Å². The van der Waals surface area contributed by atoms with Gasteiger partial charge in [0.15, 0.2) is 11.5 Å². The van der Waals surface area contributed by atoms with E-state index in [0.29, 0.717) is 35.9 Å². The number of aromatic nitrogens is 8. The molecule has 2 amide bonds. The Bertz CT molecular complexity index is 1840. The van der Waals surface area contributed by atoms with Crippen molar-refractivity contribution in [2.75, 3.05) is 38.5 Å². The molecule has 6 aromatic rings. The molecule has 0 aromatic carbocycles. The molecular formula is C28H25N11O. The number of nitrogens with one attached hydrogen (secondary N) is 3. The molecule has 40 heavy (non-hydrogen) atoms. The Morgan fingerprint density at radius 3 is 2.65 bits per heavy atom. The topological polar surface area (TPSA) is 144 Å². The van der Waals surface area contributed by atoms with E-state index in [1.807, 2.05) is 35.2 Å². The van der Waals surface area contributed by atoms with Crippen molar-refractivity contribution in [3.8, 4) is 33.9 Å². The molecular weight excluding hydrogens is 506 g/mol. The summed E-state index contributed by atoms with van der Waals surface area (Å²) in [5.74, 6) is 0.618.